The Hall–Kier alpha value is -3.12. The molecular weight excluding hydrogens is 579 g/mol. The highest BCUT2D eigenvalue weighted by atomic mass is 32.2. The predicted molar refractivity (Wildman–Crippen MR) is 166 cm³/mol. The molecule has 0 radical (unpaired) electrons. The molecule has 0 aliphatic rings. The number of benzene rings is 2. The monoisotopic (exact) mass is 613 g/mol. The zero-order valence-corrected chi connectivity index (χ0v) is 26.5. The van der Waals surface area contributed by atoms with Crippen LogP contribution in [0.3, 0.4) is 0 Å². The van der Waals surface area contributed by atoms with E-state index in [0.29, 0.717) is 44.7 Å². The number of anilines is 1. The first-order chi connectivity index (χ1) is 19.4. The molecule has 4 aromatic rings. The van der Waals surface area contributed by atoms with Crippen molar-refractivity contribution in [3.8, 4) is 10.6 Å². The zero-order chi connectivity index (χ0) is 29.9. The Labute approximate surface area is 249 Å². The van der Waals surface area contributed by atoms with E-state index in [0.717, 1.165) is 21.6 Å². The van der Waals surface area contributed by atoms with Gasteiger partial charge in [0.2, 0.25) is 10.0 Å². The molecule has 2 heterocycles. The summed E-state index contributed by atoms with van der Waals surface area (Å²) in [6, 6.07) is 13.7. The number of sulfonamides is 1. The summed E-state index contributed by atoms with van der Waals surface area (Å²) < 4.78 is 34.5. The fraction of sp³-hybridized carbons (Fsp3) is 0.367. The molecule has 0 fully saturated rings. The van der Waals surface area contributed by atoms with Gasteiger partial charge in [-0.1, -0.05) is 39.8 Å². The lowest BCUT2D eigenvalue weighted by Crippen LogP contribution is -2.37. The molecular formula is C30H35N3O5S3. The largest absolute Gasteiger partial charge is 0.462 e. The lowest BCUT2D eigenvalue weighted by atomic mass is 10.1. The van der Waals surface area contributed by atoms with Gasteiger partial charge in [0.1, 0.15) is 14.9 Å². The molecule has 0 bridgehead atoms. The molecule has 2 aromatic heterocycles. The molecule has 0 saturated carbocycles. The van der Waals surface area contributed by atoms with E-state index in [2.05, 4.69) is 5.32 Å². The second-order valence-electron chi connectivity index (χ2n) is 10.6. The second-order valence-corrected chi connectivity index (χ2v) is 14.5. The molecule has 8 nitrogen and oxygen atoms in total. The van der Waals surface area contributed by atoms with Gasteiger partial charge in [-0.05, 0) is 67.6 Å². The Bertz CT molecular complexity index is 1610. The highest BCUT2D eigenvalue weighted by Crippen LogP contribution is 2.43. The van der Waals surface area contributed by atoms with E-state index >= 15 is 0 Å². The summed E-state index contributed by atoms with van der Waals surface area (Å²) in [6.45, 7) is 12.6. The van der Waals surface area contributed by atoms with Crippen molar-refractivity contribution in [3.63, 3.8) is 0 Å². The molecule has 0 spiro atoms. The summed E-state index contributed by atoms with van der Waals surface area (Å²) in [7, 11) is -3.72. The summed E-state index contributed by atoms with van der Waals surface area (Å²) in [5.74, 6) is -0.534. The van der Waals surface area contributed by atoms with E-state index in [1.807, 2.05) is 58.9 Å². The Morgan fingerprint density at radius 2 is 1.61 bits per heavy atom. The lowest BCUT2D eigenvalue weighted by Gasteiger charge is -2.25. The summed E-state index contributed by atoms with van der Waals surface area (Å²) in [5.41, 5.74) is 2.47. The third-order valence-corrected chi connectivity index (χ3v) is 10.3. The standard InChI is InChI=1S/C30H35N3O5S3/c1-7-38-30(35)26-20(6)25(28-31-23-10-8-9-11-24(23)39-28)29(40-26)32-27(34)21-12-14-22(15-13-21)41(36,37)33(16-18(2)3)17-19(4)5/h8-15,18-19H,7,16-17H2,1-6H3,(H,32,34). The van der Waals surface area contributed by atoms with Gasteiger partial charge in [0.25, 0.3) is 5.91 Å². The van der Waals surface area contributed by atoms with Crippen LogP contribution in [0, 0.1) is 18.8 Å². The molecule has 0 saturated heterocycles. The molecule has 0 unspecified atom stereocenters. The van der Waals surface area contributed by atoms with Gasteiger partial charge in [0.15, 0.2) is 0 Å². The van der Waals surface area contributed by atoms with Gasteiger partial charge >= 0.3 is 5.97 Å². The number of carbonyl (C=O) groups is 2. The van der Waals surface area contributed by atoms with Gasteiger partial charge in [0, 0.05) is 24.2 Å². The number of carbonyl (C=O) groups excluding carboxylic acids is 2. The first kappa shape index (κ1) is 30.8. The topological polar surface area (TPSA) is 106 Å². The second kappa shape index (κ2) is 12.8. The third kappa shape index (κ3) is 6.86. The fourth-order valence-electron chi connectivity index (χ4n) is 4.42. The number of thiophene rings is 1. The summed E-state index contributed by atoms with van der Waals surface area (Å²) in [5, 5.41) is 4.10. The molecule has 41 heavy (non-hydrogen) atoms. The maximum Gasteiger partial charge on any atom is 0.348 e. The maximum atomic E-state index is 13.4. The van der Waals surface area contributed by atoms with Crippen LogP contribution in [0.2, 0.25) is 0 Å². The van der Waals surface area contributed by atoms with Gasteiger partial charge in [-0.2, -0.15) is 4.31 Å². The molecule has 4 rings (SSSR count). The summed E-state index contributed by atoms with van der Waals surface area (Å²) >= 11 is 2.62. The minimum absolute atomic E-state index is 0.141. The normalized spacial score (nSPS) is 12.0. The number of aromatic nitrogens is 1. The number of esters is 1. The van der Waals surface area contributed by atoms with Crippen LogP contribution in [0.1, 0.15) is 60.2 Å². The van der Waals surface area contributed by atoms with Gasteiger partial charge in [0.05, 0.1) is 21.7 Å². The van der Waals surface area contributed by atoms with Crippen LogP contribution in [0.25, 0.3) is 20.8 Å². The Kier molecular flexibility index (Phi) is 9.63. The smallest absolute Gasteiger partial charge is 0.348 e. The first-order valence-corrected chi connectivity index (χ1v) is 16.6. The number of nitrogens with zero attached hydrogens (tertiary/aromatic N) is 2. The van der Waals surface area contributed by atoms with Gasteiger partial charge < -0.3 is 10.1 Å². The van der Waals surface area contributed by atoms with Crippen LogP contribution in [-0.4, -0.2) is 49.3 Å². The minimum atomic E-state index is -3.72. The predicted octanol–water partition coefficient (Wildman–Crippen LogP) is 7.06. The van der Waals surface area contributed by atoms with Crippen molar-refractivity contribution in [2.45, 2.75) is 46.4 Å². The summed E-state index contributed by atoms with van der Waals surface area (Å²) in [4.78, 5) is 31.4. The molecule has 1 amide bonds. The van der Waals surface area contributed by atoms with Crippen LogP contribution in [0.15, 0.2) is 53.4 Å². The number of ether oxygens (including phenoxy) is 1. The fourth-order valence-corrected chi connectivity index (χ4v) is 8.42. The number of rotatable bonds is 11. The summed E-state index contributed by atoms with van der Waals surface area (Å²) in [6.07, 6.45) is 0. The van der Waals surface area contributed by atoms with E-state index in [4.69, 9.17) is 9.72 Å². The van der Waals surface area contributed by atoms with Crippen LogP contribution < -0.4 is 5.32 Å². The van der Waals surface area contributed by atoms with Crippen molar-refractivity contribution in [1.82, 2.24) is 9.29 Å². The number of fused-ring (bicyclic) bond motifs is 1. The molecule has 0 aliphatic carbocycles. The molecule has 218 valence electrons. The van der Waals surface area contributed by atoms with E-state index in [1.165, 1.54) is 39.9 Å². The Morgan fingerprint density at radius 1 is 0.976 bits per heavy atom. The molecule has 1 N–H and O–H groups in total. The molecule has 2 aromatic carbocycles. The quantitative estimate of drug-likeness (QED) is 0.182. The first-order valence-electron chi connectivity index (χ1n) is 13.5. The van der Waals surface area contributed by atoms with Gasteiger partial charge in [-0.25, -0.2) is 18.2 Å². The highest BCUT2D eigenvalue weighted by Gasteiger charge is 2.28. The van der Waals surface area contributed by atoms with Crippen molar-refractivity contribution in [2.24, 2.45) is 11.8 Å². The average molecular weight is 614 g/mol. The number of thiazole rings is 1. The zero-order valence-electron chi connectivity index (χ0n) is 24.1. The van der Waals surface area contributed by atoms with Crippen molar-refractivity contribution in [1.29, 1.82) is 0 Å². The van der Waals surface area contributed by atoms with Gasteiger partial charge in [-0.15, -0.1) is 22.7 Å². The SMILES string of the molecule is CCOC(=O)c1sc(NC(=O)c2ccc(S(=O)(=O)N(CC(C)C)CC(C)C)cc2)c(-c2nc3ccccc3s2)c1C. The molecule has 0 aliphatic heterocycles. The van der Waals surface area contributed by atoms with E-state index in [-0.39, 0.29) is 23.3 Å². The average Bonchev–Trinajstić information content (AvgIpc) is 3.48. The number of hydrogen-bond acceptors (Lipinski definition) is 8. The van der Waals surface area contributed by atoms with Crippen LogP contribution in [0.5, 0.6) is 0 Å². The maximum absolute atomic E-state index is 13.4. The number of amides is 1. The molecule has 0 atom stereocenters. The minimum Gasteiger partial charge on any atom is -0.462 e. The third-order valence-electron chi connectivity index (χ3n) is 6.23. The Balaban J connectivity index is 1.66. The van der Waals surface area contributed by atoms with Crippen LogP contribution >= 0.6 is 22.7 Å². The van der Waals surface area contributed by atoms with Crippen molar-refractivity contribution in [3.05, 3.63) is 64.5 Å². The van der Waals surface area contributed by atoms with Crippen LogP contribution in [0.4, 0.5) is 5.00 Å². The van der Waals surface area contributed by atoms with E-state index in [1.54, 1.807) is 6.92 Å². The van der Waals surface area contributed by atoms with E-state index < -0.39 is 21.9 Å². The van der Waals surface area contributed by atoms with Gasteiger partial charge in [-0.3, -0.25) is 4.79 Å². The van der Waals surface area contributed by atoms with Crippen molar-refractivity contribution < 1.29 is 22.7 Å². The Morgan fingerprint density at radius 3 is 2.20 bits per heavy atom. The number of para-hydroxylation sites is 1. The number of nitrogens with one attached hydrogen (secondary N) is 1. The number of hydrogen-bond donors (Lipinski definition) is 1. The lowest BCUT2D eigenvalue weighted by molar-refractivity contribution is 0.0531. The molecule has 11 heteroatoms. The van der Waals surface area contributed by atoms with Crippen molar-refractivity contribution >= 4 is 59.8 Å². The van der Waals surface area contributed by atoms with Crippen molar-refractivity contribution in [2.75, 3.05) is 25.0 Å². The highest BCUT2D eigenvalue weighted by molar-refractivity contribution is 7.89. The van der Waals surface area contributed by atoms with E-state index in [9.17, 15) is 18.0 Å². The van der Waals surface area contributed by atoms with Crippen LogP contribution in [-0.2, 0) is 14.8 Å².